The predicted molar refractivity (Wildman–Crippen MR) is 122 cm³/mol. The van der Waals surface area contributed by atoms with E-state index in [0.717, 1.165) is 17.8 Å². The first kappa shape index (κ1) is 19.8. The van der Waals surface area contributed by atoms with E-state index in [9.17, 15) is 9.59 Å². The summed E-state index contributed by atoms with van der Waals surface area (Å²) in [6.07, 6.45) is 0. The summed E-state index contributed by atoms with van der Waals surface area (Å²) in [5.74, 6) is 0.653. The van der Waals surface area contributed by atoms with Crippen molar-refractivity contribution in [2.24, 2.45) is 11.8 Å². The third-order valence-electron chi connectivity index (χ3n) is 6.91. The Morgan fingerprint density at radius 1 is 0.935 bits per heavy atom. The van der Waals surface area contributed by atoms with Crippen LogP contribution in [0.3, 0.4) is 0 Å². The van der Waals surface area contributed by atoms with Crippen LogP contribution in [0.5, 0.6) is 0 Å². The quantitative estimate of drug-likeness (QED) is 0.712. The Morgan fingerprint density at radius 3 is 2.42 bits per heavy atom. The summed E-state index contributed by atoms with van der Waals surface area (Å²) >= 11 is 0. The first-order valence-electron chi connectivity index (χ1n) is 10.9. The first-order chi connectivity index (χ1) is 15.0. The number of carbonyl (C=O) groups excluding carboxylic acids is 1. The lowest BCUT2D eigenvalue weighted by Gasteiger charge is -2.28. The van der Waals surface area contributed by atoms with Gasteiger partial charge in [0.25, 0.3) is 11.5 Å². The van der Waals surface area contributed by atoms with Crippen LogP contribution in [0.2, 0.25) is 0 Å². The number of likely N-dealkylation sites (tertiary alicyclic amines) is 2. The van der Waals surface area contributed by atoms with Crippen molar-refractivity contribution in [2.45, 2.75) is 13.0 Å². The number of nitrogens with one attached hydrogen (secondary N) is 1. The smallest absolute Gasteiger partial charge is 0.261 e. The van der Waals surface area contributed by atoms with Crippen molar-refractivity contribution >= 4 is 5.91 Å². The number of aryl methyl sites for hydroxylation is 1. The Labute approximate surface area is 182 Å². The van der Waals surface area contributed by atoms with Crippen molar-refractivity contribution in [3.63, 3.8) is 0 Å². The largest absolute Gasteiger partial charge is 0.338 e. The van der Waals surface area contributed by atoms with E-state index in [1.807, 2.05) is 41.3 Å². The average Bonchev–Trinajstić information content (AvgIpc) is 3.31. The van der Waals surface area contributed by atoms with E-state index >= 15 is 0 Å². The van der Waals surface area contributed by atoms with Crippen LogP contribution in [0.4, 0.5) is 0 Å². The van der Waals surface area contributed by atoms with Gasteiger partial charge in [0, 0.05) is 37.3 Å². The summed E-state index contributed by atoms with van der Waals surface area (Å²) in [5, 5.41) is 0. The summed E-state index contributed by atoms with van der Waals surface area (Å²) in [5.41, 5.74) is 4.19. The molecule has 0 spiro atoms. The molecule has 0 unspecified atom stereocenters. The van der Waals surface area contributed by atoms with Crippen LogP contribution in [-0.4, -0.2) is 47.4 Å². The maximum absolute atomic E-state index is 13.2. The zero-order valence-corrected chi connectivity index (χ0v) is 17.9. The molecule has 2 saturated heterocycles. The van der Waals surface area contributed by atoms with Gasteiger partial charge in [-0.2, -0.15) is 0 Å². The number of pyridine rings is 1. The highest BCUT2D eigenvalue weighted by Gasteiger charge is 2.47. The number of rotatable bonds is 3. The summed E-state index contributed by atoms with van der Waals surface area (Å²) in [6.45, 7) is 4.52. The van der Waals surface area contributed by atoms with Crippen LogP contribution in [0, 0.1) is 18.8 Å². The number of H-pyrrole nitrogens is 1. The number of nitrogens with zero attached hydrogens (tertiary/aromatic N) is 2. The molecular weight excluding hydrogens is 386 g/mol. The van der Waals surface area contributed by atoms with Gasteiger partial charge in [0.2, 0.25) is 0 Å². The van der Waals surface area contributed by atoms with Gasteiger partial charge in [-0.1, -0.05) is 54.6 Å². The molecule has 31 heavy (non-hydrogen) atoms. The Balaban J connectivity index is 1.37. The fourth-order valence-electron chi connectivity index (χ4n) is 5.41. The van der Waals surface area contributed by atoms with Crippen LogP contribution >= 0.6 is 0 Å². The van der Waals surface area contributed by atoms with Crippen molar-refractivity contribution in [3.05, 3.63) is 93.8 Å². The van der Waals surface area contributed by atoms with Crippen molar-refractivity contribution in [1.29, 1.82) is 0 Å². The summed E-state index contributed by atoms with van der Waals surface area (Å²) in [4.78, 5) is 33.1. The second-order valence-electron chi connectivity index (χ2n) is 8.86. The van der Waals surface area contributed by atoms with Gasteiger partial charge >= 0.3 is 0 Å². The number of fused-ring (bicyclic) bond motifs is 1. The third-order valence-corrected chi connectivity index (χ3v) is 6.91. The SMILES string of the molecule is Cc1ccccc1[C@@H]1[C@@H]2CN(C(=O)c3ccc(-c4ccccc4)[nH]c3=O)C[C@@H]2CN1C. The van der Waals surface area contributed by atoms with Gasteiger partial charge in [0.1, 0.15) is 5.56 Å². The molecule has 1 aromatic heterocycles. The van der Waals surface area contributed by atoms with E-state index < -0.39 is 0 Å². The topological polar surface area (TPSA) is 56.4 Å². The molecule has 2 aromatic carbocycles. The second-order valence-corrected chi connectivity index (χ2v) is 8.86. The number of aromatic nitrogens is 1. The van der Waals surface area contributed by atoms with Gasteiger partial charge in [0.05, 0.1) is 0 Å². The molecule has 3 atom stereocenters. The molecule has 5 nitrogen and oxygen atoms in total. The minimum absolute atomic E-state index is 0.165. The van der Waals surface area contributed by atoms with E-state index in [4.69, 9.17) is 0 Å². The Hall–Kier alpha value is -3.18. The fraction of sp³-hybridized carbons (Fsp3) is 0.308. The number of hydrogen-bond donors (Lipinski definition) is 1. The number of aromatic amines is 1. The molecule has 0 radical (unpaired) electrons. The van der Waals surface area contributed by atoms with E-state index in [1.165, 1.54) is 11.1 Å². The van der Waals surface area contributed by atoms with Gasteiger partial charge in [-0.3, -0.25) is 14.5 Å². The van der Waals surface area contributed by atoms with Gasteiger partial charge in [-0.15, -0.1) is 0 Å². The molecule has 3 aromatic rings. The summed E-state index contributed by atoms with van der Waals surface area (Å²) in [6, 6.07) is 22.0. The van der Waals surface area contributed by atoms with E-state index in [0.29, 0.717) is 31.0 Å². The zero-order valence-electron chi connectivity index (χ0n) is 17.9. The molecule has 0 bridgehead atoms. The molecule has 158 valence electrons. The lowest BCUT2D eigenvalue weighted by Crippen LogP contribution is -2.36. The lowest BCUT2D eigenvalue weighted by molar-refractivity contribution is 0.0766. The van der Waals surface area contributed by atoms with Crippen LogP contribution in [-0.2, 0) is 0 Å². The number of amides is 1. The molecule has 1 N–H and O–H groups in total. The monoisotopic (exact) mass is 413 g/mol. The Bertz CT molecular complexity index is 1170. The molecule has 0 saturated carbocycles. The molecule has 3 heterocycles. The zero-order chi connectivity index (χ0) is 21.5. The lowest BCUT2D eigenvalue weighted by atomic mass is 9.88. The predicted octanol–water partition coefficient (Wildman–Crippen LogP) is 3.73. The standard InChI is InChI=1S/C26H27N3O2/c1-17-8-6-7-11-20(17)24-22-16-29(15-19(22)14-28(24)2)26(31)21-12-13-23(27-25(21)30)18-9-4-3-5-10-18/h3-13,19,22,24H,14-16H2,1-2H3,(H,27,30)/t19-,22+,24+/m0/s1. The van der Waals surface area contributed by atoms with Gasteiger partial charge < -0.3 is 9.88 Å². The maximum atomic E-state index is 13.2. The van der Waals surface area contributed by atoms with Crippen LogP contribution in [0.1, 0.15) is 27.5 Å². The van der Waals surface area contributed by atoms with Crippen LogP contribution in [0.25, 0.3) is 11.3 Å². The van der Waals surface area contributed by atoms with Crippen LogP contribution in [0.15, 0.2) is 71.5 Å². The molecule has 0 aliphatic carbocycles. The highest BCUT2D eigenvalue weighted by atomic mass is 16.2. The van der Waals surface area contributed by atoms with Gasteiger partial charge in [-0.25, -0.2) is 0 Å². The molecule has 2 aliphatic heterocycles. The number of hydrogen-bond acceptors (Lipinski definition) is 3. The van der Waals surface area contributed by atoms with E-state index in [2.05, 4.69) is 48.1 Å². The third kappa shape index (κ3) is 3.49. The minimum Gasteiger partial charge on any atom is -0.338 e. The normalized spacial score (nSPS) is 23.2. The van der Waals surface area contributed by atoms with E-state index in [-0.39, 0.29) is 17.0 Å². The molecule has 5 rings (SSSR count). The fourth-order valence-corrected chi connectivity index (χ4v) is 5.41. The highest BCUT2D eigenvalue weighted by molar-refractivity contribution is 5.94. The average molecular weight is 414 g/mol. The van der Waals surface area contributed by atoms with Gasteiger partial charge in [0.15, 0.2) is 0 Å². The highest BCUT2D eigenvalue weighted by Crippen LogP contribution is 2.45. The van der Waals surface area contributed by atoms with Crippen molar-refractivity contribution in [2.75, 3.05) is 26.7 Å². The minimum atomic E-state index is -0.323. The molecule has 5 heteroatoms. The van der Waals surface area contributed by atoms with Gasteiger partial charge in [-0.05, 0) is 48.7 Å². The number of carbonyl (C=O) groups is 1. The summed E-state index contributed by atoms with van der Waals surface area (Å²) in [7, 11) is 2.18. The van der Waals surface area contributed by atoms with Crippen LogP contribution < -0.4 is 5.56 Å². The second kappa shape index (κ2) is 7.82. The Kier molecular flexibility index (Phi) is 4.98. The van der Waals surface area contributed by atoms with Crippen molar-refractivity contribution in [3.8, 4) is 11.3 Å². The summed E-state index contributed by atoms with van der Waals surface area (Å²) < 4.78 is 0. The number of benzene rings is 2. The Morgan fingerprint density at radius 2 is 1.68 bits per heavy atom. The van der Waals surface area contributed by atoms with Crippen molar-refractivity contribution in [1.82, 2.24) is 14.8 Å². The maximum Gasteiger partial charge on any atom is 0.261 e. The molecule has 2 aliphatic rings. The van der Waals surface area contributed by atoms with Crippen molar-refractivity contribution < 1.29 is 4.79 Å². The van der Waals surface area contributed by atoms with E-state index in [1.54, 1.807) is 6.07 Å². The molecule has 2 fully saturated rings. The molecule has 1 amide bonds. The molecular formula is C26H27N3O2. The first-order valence-corrected chi connectivity index (χ1v) is 10.9.